The van der Waals surface area contributed by atoms with Gasteiger partial charge in [-0.3, -0.25) is 4.90 Å². The Hall–Kier alpha value is -0.670. The van der Waals surface area contributed by atoms with Gasteiger partial charge in [0, 0.05) is 33.4 Å². The van der Waals surface area contributed by atoms with E-state index in [0.717, 1.165) is 52.0 Å². The first-order valence-corrected chi connectivity index (χ1v) is 7.03. The van der Waals surface area contributed by atoms with Gasteiger partial charge >= 0.3 is 0 Å². The van der Waals surface area contributed by atoms with E-state index in [2.05, 4.69) is 16.3 Å². The highest BCUT2D eigenvalue weighted by molar-refractivity contribution is 5.10. The lowest BCUT2D eigenvalue weighted by atomic mass is 9.79. The summed E-state index contributed by atoms with van der Waals surface area (Å²) in [5.41, 5.74) is -0.360. The predicted octanol–water partition coefficient (Wildman–Crippen LogP) is 1.01. The van der Waals surface area contributed by atoms with Crippen LogP contribution < -0.4 is 5.32 Å². The van der Waals surface area contributed by atoms with E-state index in [9.17, 15) is 5.26 Å². The van der Waals surface area contributed by atoms with Crippen LogP contribution in [0.1, 0.15) is 25.7 Å². The van der Waals surface area contributed by atoms with Gasteiger partial charge in [0.05, 0.1) is 19.3 Å². The summed E-state index contributed by atoms with van der Waals surface area (Å²) in [5, 5.41) is 12.6. The van der Waals surface area contributed by atoms with Crippen LogP contribution in [0.3, 0.4) is 0 Å². The number of nitrogens with one attached hydrogen (secondary N) is 1. The lowest BCUT2D eigenvalue weighted by molar-refractivity contribution is 0.0615. The molecule has 1 N–H and O–H groups in total. The number of methoxy groups -OCH3 is 2. The van der Waals surface area contributed by atoms with Crippen molar-refractivity contribution in [1.82, 2.24) is 10.2 Å². The van der Waals surface area contributed by atoms with Gasteiger partial charge in [-0.2, -0.15) is 5.26 Å². The van der Waals surface area contributed by atoms with Crippen molar-refractivity contribution in [3.63, 3.8) is 0 Å². The highest BCUT2D eigenvalue weighted by Gasteiger charge is 2.37. The van der Waals surface area contributed by atoms with Crippen molar-refractivity contribution in [2.75, 3.05) is 47.6 Å². The monoisotopic (exact) mass is 269 g/mol. The Morgan fingerprint density at radius 2 is 1.95 bits per heavy atom. The van der Waals surface area contributed by atoms with E-state index in [4.69, 9.17) is 9.47 Å². The number of hydrogen-bond acceptors (Lipinski definition) is 5. The first-order chi connectivity index (χ1) is 9.21. The van der Waals surface area contributed by atoms with E-state index < -0.39 is 0 Å². The minimum atomic E-state index is -0.360. The minimum absolute atomic E-state index is 0.360. The molecule has 110 valence electrons. The third kappa shape index (κ3) is 4.73. The first kappa shape index (κ1) is 16.4. The zero-order valence-electron chi connectivity index (χ0n) is 12.4. The summed E-state index contributed by atoms with van der Waals surface area (Å²) in [6.45, 7) is 3.24. The van der Waals surface area contributed by atoms with Gasteiger partial charge in [0.25, 0.3) is 0 Å². The normalized spacial score (nSPS) is 27.4. The zero-order valence-corrected chi connectivity index (χ0v) is 12.4. The molecule has 0 radical (unpaired) electrons. The average Bonchev–Trinajstić information content (AvgIpc) is 2.47. The van der Waals surface area contributed by atoms with Crippen molar-refractivity contribution in [1.29, 1.82) is 5.26 Å². The van der Waals surface area contributed by atoms with Crippen molar-refractivity contribution in [2.24, 2.45) is 0 Å². The fourth-order valence-corrected chi connectivity index (χ4v) is 2.84. The summed E-state index contributed by atoms with van der Waals surface area (Å²) in [6.07, 6.45) is 4.07. The number of rotatable bonds is 8. The Labute approximate surface area is 116 Å². The van der Waals surface area contributed by atoms with Crippen molar-refractivity contribution in [3.05, 3.63) is 0 Å². The highest BCUT2D eigenvalue weighted by Crippen LogP contribution is 2.30. The fraction of sp³-hybridized carbons (Fsp3) is 0.929. The van der Waals surface area contributed by atoms with E-state index in [1.54, 1.807) is 14.2 Å². The van der Waals surface area contributed by atoms with Crippen LogP contribution in [0.25, 0.3) is 0 Å². The maximum absolute atomic E-state index is 9.41. The Morgan fingerprint density at radius 1 is 1.32 bits per heavy atom. The third-order valence-electron chi connectivity index (χ3n) is 4.10. The van der Waals surface area contributed by atoms with E-state index in [0.29, 0.717) is 6.04 Å². The summed E-state index contributed by atoms with van der Waals surface area (Å²) >= 11 is 0. The van der Waals surface area contributed by atoms with Crippen LogP contribution in [-0.4, -0.2) is 64.1 Å². The standard InChI is InChI=1S/C14H27N3O2/c1-16-14(12-15)6-4-5-13(11-14)17(7-9-18-2)8-10-19-3/h13,16H,4-11H2,1-3H3. The topological polar surface area (TPSA) is 57.5 Å². The Bertz CT molecular complexity index is 285. The molecule has 1 rings (SSSR count). The van der Waals surface area contributed by atoms with E-state index in [-0.39, 0.29) is 5.54 Å². The second-order valence-electron chi connectivity index (χ2n) is 5.22. The maximum Gasteiger partial charge on any atom is 0.108 e. The van der Waals surface area contributed by atoms with Gasteiger partial charge in [-0.25, -0.2) is 0 Å². The summed E-state index contributed by atoms with van der Waals surface area (Å²) < 4.78 is 10.4. The van der Waals surface area contributed by atoms with Gasteiger partial charge in [-0.1, -0.05) is 0 Å². The minimum Gasteiger partial charge on any atom is -0.383 e. The molecule has 2 atom stereocenters. The van der Waals surface area contributed by atoms with Crippen molar-refractivity contribution in [2.45, 2.75) is 37.3 Å². The zero-order chi connectivity index (χ0) is 14.1. The van der Waals surface area contributed by atoms with Gasteiger partial charge in [-0.05, 0) is 32.7 Å². The molecule has 0 saturated heterocycles. The lowest BCUT2D eigenvalue weighted by Gasteiger charge is -2.41. The predicted molar refractivity (Wildman–Crippen MR) is 75.0 cm³/mol. The van der Waals surface area contributed by atoms with E-state index in [1.807, 2.05) is 7.05 Å². The molecule has 1 saturated carbocycles. The second kappa shape index (κ2) is 8.49. The van der Waals surface area contributed by atoms with Gasteiger partial charge in [0.2, 0.25) is 0 Å². The number of hydrogen-bond donors (Lipinski definition) is 1. The molecule has 0 bridgehead atoms. The Kier molecular flexibility index (Phi) is 7.32. The molecule has 5 nitrogen and oxygen atoms in total. The molecule has 0 aromatic rings. The molecule has 0 aliphatic heterocycles. The van der Waals surface area contributed by atoms with E-state index in [1.165, 1.54) is 0 Å². The van der Waals surface area contributed by atoms with Gasteiger partial charge in [0.15, 0.2) is 0 Å². The van der Waals surface area contributed by atoms with Crippen molar-refractivity contribution < 1.29 is 9.47 Å². The Balaban J connectivity index is 2.63. The summed E-state index contributed by atoms with van der Waals surface area (Å²) in [5.74, 6) is 0. The second-order valence-corrected chi connectivity index (χ2v) is 5.22. The fourth-order valence-electron chi connectivity index (χ4n) is 2.84. The summed E-state index contributed by atoms with van der Waals surface area (Å²) in [6, 6.07) is 2.90. The molecule has 1 aliphatic rings. The molecule has 19 heavy (non-hydrogen) atoms. The highest BCUT2D eigenvalue weighted by atomic mass is 16.5. The van der Waals surface area contributed by atoms with E-state index >= 15 is 0 Å². The largest absolute Gasteiger partial charge is 0.383 e. The Morgan fingerprint density at radius 3 is 2.42 bits per heavy atom. The van der Waals surface area contributed by atoms with Gasteiger partial charge in [-0.15, -0.1) is 0 Å². The molecule has 5 heteroatoms. The van der Waals surface area contributed by atoms with Crippen LogP contribution in [0.4, 0.5) is 0 Å². The lowest BCUT2D eigenvalue weighted by Crippen LogP contribution is -2.52. The van der Waals surface area contributed by atoms with Crippen LogP contribution in [0.15, 0.2) is 0 Å². The maximum atomic E-state index is 9.41. The molecule has 1 aliphatic carbocycles. The molecule has 0 amide bonds. The third-order valence-corrected chi connectivity index (χ3v) is 4.10. The van der Waals surface area contributed by atoms with Gasteiger partial charge < -0.3 is 14.8 Å². The average molecular weight is 269 g/mol. The van der Waals surface area contributed by atoms with Crippen molar-refractivity contribution in [3.8, 4) is 6.07 Å². The molecule has 2 unspecified atom stereocenters. The smallest absolute Gasteiger partial charge is 0.108 e. The number of ether oxygens (including phenoxy) is 2. The quantitative estimate of drug-likeness (QED) is 0.712. The van der Waals surface area contributed by atoms with Crippen LogP contribution in [-0.2, 0) is 9.47 Å². The molecular formula is C14H27N3O2. The molecular weight excluding hydrogens is 242 g/mol. The molecule has 0 spiro atoms. The molecule has 0 aromatic carbocycles. The molecule has 0 heterocycles. The van der Waals surface area contributed by atoms with Gasteiger partial charge in [0.1, 0.15) is 5.54 Å². The summed E-state index contributed by atoms with van der Waals surface area (Å²) in [7, 11) is 5.34. The molecule has 1 fully saturated rings. The first-order valence-electron chi connectivity index (χ1n) is 7.03. The number of nitrogens with zero attached hydrogens (tertiary/aromatic N) is 2. The van der Waals surface area contributed by atoms with Crippen molar-refractivity contribution >= 4 is 0 Å². The summed E-state index contributed by atoms with van der Waals surface area (Å²) in [4.78, 5) is 2.40. The van der Waals surface area contributed by atoms with Crippen LogP contribution in [0.2, 0.25) is 0 Å². The molecule has 0 aromatic heterocycles. The van der Waals surface area contributed by atoms with Crippen LogP contribution >= 0.6 is 0 Å². The van der Waals surface area contributed by atoms with Crippen LogP contribution in [0.5, 0.6) is 0 Å². The number of nitriles is 1. The van der Waals surface area contributed by atoms with Crippen LogP contribution in [0, 0.1) is 11.3 Å². The SMILES string of the molecule is CNC1(C#N)CCCC(N(CCOC)CCOC)C1.